The highest BCUT2D eigenvalue weighted by Crippen LogP contribution is 2.23. The molecule has 0 unspecified atom stereocenters. The van der Waals surface area contributed by atoms with E-state index in [0.29, 0.717) is 66.6 Å². The smallest absolute Gasteiger partial charge is 0.411 e. The molecule has 1 N–H and O–H groups in total. The summed E-state index contributed by atoms with van der Waals surface area (Å²) in [5.41, 5.74) is 1.17. The number of benzene rings is 2. The number of esters is 3. The summed E-state index contributed by atoms with van der Waals surface area (Å²) in [5.74, 6) is -0.0765. The van der Waals surface area contributed by atoms with E-state index in [0.717, 1.165) is 18.9 Å². The van der Waals surface area contributed by atoms with E-state index < -0.39 is 24.0 Å². The van der Waals surface area contributed by atoms with E-state index in [2.05, 4.69) is 11.9 Å². The molecule has 0 bridgehead atoms. The number of ether oxygens (including phenoxy) is 5. The van der Waals surface area contributed by atoms with Crippen LogP contribution in [0.25, 0.3) is 0 Å². The highest BCUT2D eigenvalue weighted by atomic mass is 16.6. The molecule has 0 aliphatic heterocycles. The maximum absolute atomic E-state index is 12.5. The van der Waals surface area contributed by atoms with Crippen LogP contribution < -0.4 is 10.1 Å². The minimum Gasteiger partial charge on any atom is -0.493 e. The van der Waals surface area contributed by atoms with Gasteiger partial charge in [0.15, 0.2) is 0 Å². The molecule has 3 rings (SSSR count). The minimum atomic E-state index is -0.548. The van der Waals surface area contributed by atoms with E-state index in [1.165, 1.54) is 0 Å². The minimum absolute atomic E-state index is 0.225. The Morgan fingerprint density at radius 1 is 0.780 bits per heavy atom. The Morgan fingerprint density at radius 3 is 1.88 bits per heavy atom. The first kappa shape index (κ1) is 30.7. The van der Waals surface area contributed by atoms with Crippen molar-refractivity contribution in [3.63, 3.8) is 0 Å². The second-order valence-corrected chi connectivity index (χ2v) is 8.83. The number of unbranched alkanes of at least 4 members (excludes halogenated alkanes) is 1. The van der Waals surface area contributed by atoms with Gasteiger partial charge in [-0.15, -0.1) is 0 Å². The molecule has 0 atom stereocenters. The largest absolute Gasteiger partial charge is 0.493 e. The number of anilines is 1. The fourth-order valence-corrected chi connectivity index (χ4v) is 3.45. The highest BCUT2D eigenvalue weighted by molar-refractivity contribution is 5.92. The lowest BCUT2D eigenvalue weighted by atomic mass is 10.1. The summed E-state index contributed by atoms with van der Waals surface area (Å²) in [6, 6.07) is 12.8. The van der Waals surface area contributed by atoms with Crippen molar-refractivity contribution in [2.45, 2.75) is 39.0 Å². The number of hydrogen-bond donors (Lipinski definition) is 1. The first-order valence-electron chi connectivity index (χ1n) is 13.3. The van der Waals surface area contributed by atoms with E-state index >= 15 is 0 Å². The van der Waals surface area contributed by atoms with Gasteiger partial charge >= 0.3 is 24.0 Å². The van der Waals surface area contributed by atoms with E-state index in [9.17, 15) is 19.2 Å². The summed E-state index contributed by atoms with van der Waals surface area (Å²) in [7, 11) is 0. The van der Waals surface area contributed by atoms with Crippen LogP contribution in [0.5, 0.6) is 5.75 Å². The van der Waals surface area contributed by atoms with Gasteiger partial charge in [-0.1, -0.05) is 19.9 Å². The second-order valence-electron chi connectivity index (χ2n) is 8.83. The third kappa shape index (κ3) is 10.7. The predicted octanol–water partition coefficient (Wildman–Crippen LogP) is 6.11. The van der Waals surface area contributed by atoms with Gasteiger partial charge in [0.05, 0.1) is 30.9 Å². The molecular weight excluding hydrogens is 530 g/mol. The molecule has 10 nitrogen and oxygen atoms in total. The lowest BCUT2D eigenvalue weighted by molar-refractivity contribution is -0.137. The van der Waals surface area contributed by atoms with Gasteiger partial charge in [-0.05, 0) is 67.1 Å². The normalized spacial score (nSPS) is 12.2. The van der Waals surface area contributed by atoms with Crippen molar-refractivity contribution in [1.82, 2.24) is 0 Å². The fourth-order valence-electron chi connectivity index (χ4n) is 3.45. The standard InChI is InChI=1S/C31H33NO9/c1-3-5-19-39-31(36)32-24-11-7-22(8-12-24)29(34)40-26-15-17-27(18-16-26)41-30(35)23-9-13-25(14-10-23)37-20-6-21-38-28(33)4-2/h4,7-15,17H,2-3,5-6,16,18-21H2,1H3,(H,32,36). The van der Waals surface area contributed by atoms with Crippen molar-refractivity contribution >= 4 is 29.7 Å². The molecule has 0 radical (unpaired) electrons. The molecule has 41 heavy (non-hydrogen) atoms. The average molecular weight is 564 g/mol. The molecule has 0 aromatic heterocycles. The monoisotopic (exact) mass is 563 g/mol. The summed E-state index contributed by atoms with van der Waals surface area (Å²) in [6.45, 7) is 6.25. The number of allylic oxidation sites excluding steroid dienone is 4. The van der Waals surface area contributed by atoms with Gasteiger partial charge in [0.25, 0.3) is 0 Å². The predicted molar refractivity (Wildman–Crippen MR) is 150 cm³/mol. The van der Waals surface area contributed by atoms with Crippen LogP contribution in [0, 0.1) is 0 Å². The topological polar surface area (TPSA) is 126 Å². The van der Waals surface area contributed by atoms with Crippen LogP contribution in [0.4, 0.5) is 10.5 Å². The Bertz CT molecular complexity index is 1280. The molecule has 216 valence electrons. The number of carbonyl (C=O) groups excluding carboxylic acids is 4. The van der Waals surface area contributed by atoms with Crippen molar-refractivity contribution in [3.05, 3.63) is 96.0 Å². The molecule has 0 fully saturated rings. The lowest BCUT2D eigenvalue weighted by Crippen LogP contribution is -2.14. The maximum Gasteiger partial charge on any atom is 0.411 e. The first-order chi connectivity index (χ1) is 19.9. The number of nitrogens with one attached hydrogen (secondary N) is 1. The summed E-state index contributed by atoms with van der Waals surface area (Å²) in [4.78, 5) is 47.8. The van der Waals surface area contributed by atoms with Gasteiger partial charge in [0.2, 0.25) is 0 Å². The van der Waals surface area contributed by atoms with Crippen molar-refractivity contribution in [3.8, 4) is 5.75 Å². The van der Waals surface area contributed by atoms with Crippen LogP contribution in [0.15, 0.2) is 84.9 Å². The van der Waals surface area contributed by atoms with Crippen LogP contribution in [-0.4, -0.2) is 43.8 Å². The van der Waals surface area contributed by atoms with Crippen LogP contribution in [-0.2, 0) is 23.7 Å². The second kappa shape index (κ2) is 16.3. The summed E-state index contributed by atoms with van der Waals surface area (Å²) in [5, 5.41) is 2.60. The van der Waals surface area contributed by atoms with Crippen LogP contribution in [0.1, 0.15) is 59.7 Å². The number of hydrogen-bond acceptors (Lipinski definition) is 9. The van der Waals surface area contributed by atoms with Crippen LogP contribution >= 0.6 is 0 Å². The SMILES string of the molecule is C=CC(=O)OCCCOc1ccc(C(=O)OC2=CC=C(OC(=O)c3ccc(NC(=O)OCCCC)cc3)CC2)cc1. The zero-order valence-electron chi connectivity index (χ0n) is 22.9. The van der Waals surface area contributed by atoms with Crippen molar-refractivity contribution in [1.29, 1.82) is 0 Å². The molecule has 2 aromatic rings. The van der Waals surface area contributed by atoms with E-state index in [1.54, 1.807) is 60.7 Å². The Hall–Kier alpha value is -4.86. The van der Waals surface area contributed by atoms with E-state index in [-0.39, 0.29) is 6.61 Å². The van der Waals surface area contributed by atoms with Gasteiger partial charge in [0, 0.05) is 31.0 Å². The molecule has 1 aliphatic rings. The van der Waals surface area contributed by atoms with Crippen LogP contribution in [0.3, 0.4) is 0 Å². The number of amides is 1. The summed E-state index contributed by atoms with van der Waals surface area (Å²) in [6.07, 6.45) is 6.73. The Morgan fingerprint density at radius 2 is 1.34 bits per heavy atom. The fraction of sp³-hybridized carbons (Fsp3) is 0.290. The van der Waals surface area contributed by atoms with Crippen molar-refractivity contribution in [2.75, 3.05) is 25.1 Å². The quantitative estimate of drug-likeness (QED) is 0.125. The molecule has 0 saturated carbocycles. The molecule has 2 aromatic carbocycles. The molecule has 0 spiro atoms. The Balaban J connectivity index is 1.42. The Labute approximate surface area is 238 Å². The van der Waals surface area contributed by atoms with Crippen molar-refractivity contribution < 1.29 is 42.9 Å². The van der Waals surface area contributed by atoms with E-state index in [1.807, 2.05) is 6.92 Å². The van der Waals surface area contributed by atoms with Crippen molar-refractivity contribution in [2.24, 2.45) is 0 Å². The molecule has 1 aliphatic carbocycles. The zero-order chi connectivity index (χ0) is 29.5. The van der Waals surface area contributed by atoms with Gasteiger partial charge < -0.3 is 23.7 Å². The highest BCUT2D eigenvalue weighted by Gasteiger charge is 2.17. The Kier molecular flexibility index (Phi) is 12.2. The summed E-state index contributed by atoms with van der Waals surface area (Å²) >= 11 is 0. The van der Waals surface area contributed by atoms with Gasteiger partial charge in [0.1, 0.15) is 17.3 Å². The molecule has 0 saturated heterocycles. The van der Waals surface area contributed by atoms with Gasteiger partial charge in [-0.3, -0.25) is 5.32 Å². The molecular formula is C31H33NO9. The third-order valence-electron chi connectivity index (χ3n) is 5.68. The summed E-state index contributed by atoms with van der Waals surface area (Å²) < 4.78 is 26.4. The first-order valence-corrected chi connectivity index (χ1v) is 13.3. The zero-order valence-corrected chi connectivity index (χ0v) is 22.9. The lowest BCUT2D eigenvalue weighted by Gasteiger charge is -2.15. The third-order valence-corrected chi connectivity index (χ3v) is 5.68. The number of rotatable bonds is 14. The van der Waals surface area contributed by atoms with Gasteiger partial charge in [-0.2, -0.15) is 0 Å². The number of carbonyl (C=O) groups is 4. The maximum atomic E-state index is 12.5. The molecule has 0 heterocycles. The average Bonchev–Trinajstić information content (AvgIpc) is 2.98. The molecule has 10 heteroatoms. The van der Waals surface area contributed by atoms with Crippen LogP contribution in [0.2, 0.25) is 0 Å². The van der Waals surface area contributed by atoms with E-state index in [4.69, 9.17) is 23.7 Å². The van der Waals surface area contributed by atoms with Gasteiger partial charge in [-0.25, -0.2) is 19.2 Å². The molecule has 1 amide bonds.